The average molecular weight is 276 g/mol. The summed E-state index contributed by atoms with van der Waals surface area (Å²) < 4.78 is 6.05. The number of aryl methyl sites for hydroxylation is 1. The number of carbonyl (C=O) groups excluding carboxylic acids is 1. The van der Waals surface area contributed by atoms with Crippen molar-refractivity contribution in [2.24, 2.45) is 5.73 Å². The highest BCUT2D eigenvalue weighted by Crippen LogP contribution is 2.46. The van der Waals surface area contributed by atoms with E-state index in [-0.39, 0.29) is 5.91 Å². The lowest BCUT2D eigenvalue weighted by atomic mass is 9.78. The van der Waals surface area contributed by atoms with Crippen molar-refractivity contribution in [2.45, 2.75) is 57.8 Å². The molecule has 1 saturated heterocycles. The van der Waals surface area contributed by atoms with Gasteiger partial charge in [0.05, 0.1) is 11.2 Å². The van der Waals surface area contributed by atoms with Gasteiger partial charge in [0.1, 0.15) is 5.54 Å². The van der Waals surface area contributed by atoms with E-state index < -0.39 is 16.7 Å². The maximum Gasteiger partial charge on any atom is 0.246 e. The quantitative estimate of drug-likeness (QED) is 0.892. The van der Waals surface area contributed by atoms with Gasteiger partial charge >= 0.3 is 0 Å². The van der Waals surface area contributed by atoms with Gasteiger partial charge in [0.15, 0.2) is 0 Å². The molecule has 1 fully saturated rings. The molecular formula is C16H24N2O2. The number of benzene rings is 1. The van der Waals surface area contributed by atoms with Crippen molar-refractivity contribution >= 4 is 11.6 Å². The van der Waals surface area contributed by atoms with Crippen molar-refractivity contribution < 1.29 is 9.53 Å². The Labute approximate surface area is 120 Å². The van der Waals surface area contributed by atoms with E-state index in [1.54, 1.807) is 0 Å². The van der Waals surface area contributed by atoms with E-state index in [0.29, 0.717) is 6.42 Å². The molecule has 1 unspecified atom stereocenters. The van der Waals surface area contributed by atoms with Crippen LogP contribution in [0.1, 0.15) is 39.7 Å². The number of primary amides is 1. The third kappa shape index (κ3) is 2.40. The van der Waals surface area contributed by atoms with Gasteiger partial charge in [0.25, 0.3) is 0 Å². The summed E-state index contributed by atoms with van der Waals surface area (Å²) in [5, 5.41) is 3.33. The van der Waals surface area contributed by atoms with Gasteiger partial charge in [-0.25, -0.2) is 0 Å². The number of nitrogens with two attached hydrogens (primary N) is 1. The molecule has 1 aromatic rings. The Morgan fingerprint density at radius 3 is 2.15 bits per heavy atom. The Morgan fingerprint density at radius 2 is 1.75 bits per heavy atom. The van der Waals surface area contributed by atoms with Gasteiger partial charge in [-0.15, -0.1) is 0 Å². The van der Waals surface area contributed by atoms with Gasteiger partial charge in [-0.2, -0.15) is 0 Å². The minimum atomic E-state index is -0.911. The molecule has 0 spiro atoms. The summed E-state index contributed by atoms with van der Waals surface area (Å²) in [4.78, 5) is 12.2. The van der Waals surface area contributed by atoms with Gasteiger partial charge < -0.3 is 15.8 Å². The zero-order valence-corrected chi connectivity index (χ0v) is 12.9. The van der Waals surface area contributed by atoms with Crippen LogP contribution in [0.3, 0.4) is 0 Å². The first-order valence-electron chi connectivity index (χ1n) is 6.93. The number of amides is 1. The minimum Gasteiger partial charge on any atom is -0.369 e. The summed E-state index contributed by atoms with van der Waals surface area (Å²) in [6, 6.07) is 7.93. The topological polar surface area (TPSA) is 64.3 Å². The number of nitrogens with one attached hydrogen (secondary N) is 1. The number of hydrogen-bond acceptors (Lipinski definition) is 3. The van der Waals surface area contributed by atoms with Crippen LogP contribution in [0.5, 0.6) is 0 Å². The van der Waals surface area contributed by atoms with E-state index in [1.807, 2.05) is 58.9 Å². The van der Waals surface area contributed by atoms with Crippen LogP contribution in [0.4, 0.5) is 5.69 Å². The highest BCUT2D eigenvalue weighted by molar-refractivity contribution is 5.90. The highest BCUT2D eigenvalue weighted by Gasteiger charge is 2.61. The fourth-order valence-electron chi connectivity index (χ4n) is 3.19. The van der Waals surface area contributed by atoms with Crippen LogP contribution >= 0.6 is 0 Å². The molecule has 0 aliphatic carbocycles. The third-order valence-corrected chi connectivity index (χ3v) is 4.08. The standard InChI is InChI=1S/C16H24N2O2/c1-11-6-8-12(9-7-11)18-16(13(17)19)10-14(2,3)20-15(16,4)5/h6-9,18H,10H2,1-5H3,(H2,17,19). The van der Waals surface area contributed by atoms with Gasteiger partial charge in [-0.3, -0.25) is 4.79 Å². The van der Waals surface area contributed by atoms with E-state index in [0.717, 1.165) is 5.69 Å². The highest BCUT2D eigenvalue weighted by atomic mass is 16.5. The molecule has 2 rings (SSSR count). The normalized spacial score (nSPS) is 27.2. The zero-order valence-electron chi connectivity index (χ0n) is 12.9. The molecule has 1 aliphatic heterocycles. The first kappa shape index (κ1) is 14.9. The first-order chi connectivity index (χ1) is 9.08. The zero-order chi connectivity index (χ0) is 15.2. The predicted octanol–water partition coefficient (Wildman–Crippen LogP) is 2.61. The molecule has 3 N–H and O–H groups in total. The summed E-state index contributed by atoms with van der Waals surface area (Å²) in [6.45, 7) is 9.81. The summed E-state index contributed by atoms with van der Waals surface area (Å²) in [5.41, 5.74) is 5.80. The Bertz CT molecular complexity index is 520. The SMILES string of the molecule is Cc1ccc(NC2(C(N)=O)CC(C)(C)OC2(C)C)cc1. The van der Waals surface area contributed by atoms with Crippen LogP contribution in [0, 0.1) is 6.92 Å². The molecule has 110 valence electrons. The molecule has 1 atom stereocenters. The van der Waals surface area contributed by atoms with Crippen LogP contribution in [0.2, 0.25) is 0 Å². The molecule has 1 aromatic carbocycles. The van der Waals surface area contributed by atoms with Gasteiger partial charge in [-0.1, -0.05) is 17.7 Å². The minimum absolute atomic E-state index is 0.381. The lowest BCUT2D eigenvalue weighted by molar-refractivity contribution is -0.129. The van der Waals surface area contributed by atoms with E-state index in [4.69, 9.17) is 10.5 Å². The summed E-state index contributed by atoms with van der Waals surface area (Å²) in [5.74, 6) is -0.381. The monoisotopic (exact) mass is 276 g/mol. The lowest BCUT2D eigenvalue weighted by Gasteiger charge is -2.38. The lowest BCUT2D eigenvalue weighted by Crippen LogP contribution is -2.61. The molecule has 0 saturated carbocycles. The fourth-order valence-corrected chi connectivity index (χ4v) is 3.19. The van der Waals surface area contributed by atoms with E-state index in [9.17, 15) is 4.79 Å². The van der Waals surface area contributed by atoms with Crippen molar-refractivity contribution in [3.05, 3.63) is 29.8 Å². The van der Waals surface area contributed by atoms with E-state index >= 15 is 0 Å². The molecule has 0 radical (unpaired) electrons. The Hall–Kier alpha value is -1.55. The smallest absolute Gasteiger partial charge is 0.246 e. The summed E-state index contributed by atoms with van der Waals surface area (Å²) in [6.07, 6.45) is 0.538. The van der Waals surface area contributed by atoms with Gasteiger partial charge in [-0.05, 0) is 46.8 Å². The molecular weight excluding hydrogens is 252 g/mol. The maximum absolute atomic E-state index is 12.2. The molecule has 1 amide bonds. The van der Waals surface area contributed by atoms with Gasteiger partial charge in [0, 0.05) is 12.1 Å². The van der Waals surface area contributed by atoms with Crippen molar-refractivity contribution in [1.29, 1.82) is 0 Å². The first-order valence-corrected chi connectivity index (χ1v) is 6.93. The number of anilines is 1. The predicted molar refractivity (Wildman–Crippen MR) is 80.6 cm³/mol. The van der Waals surface area contributed by atoms with Crippen molar-refractivity contribution in [3.63, 3.8) is 0 Å². The Morgan fingerprint density at radius 1 is 1.20 bits per heavy atom. The van der Waals surface area contributed by atoms with Gasteiger partial charge in [0.2, 0.25) is 5.91 Å². The molecule has 0 bridgehead atoms. The number of rotatable bonds is 3. The van der Waals surface area contributed by atoms with Crippen LogP contribution in [0.15, 0.2) is 24.3 Å². The number of carbonyl (C=O) groups is 1. The van der Waals surface area contributed by atoms with E-state index in [1.165, 1.54) is 5.56 Å². The maximum atomic E-state index is 12.2. The molecule has 1 aliphatic rings. The van der Waals surface area contributed by atoms with E-state index in [2.05, 4.69) is 5.32 Å². The van der Waals surface area contributed by atoms with Crippen LogP contribution in [0.25, 0.3) is 0 Å². The second-order valence-electron chi connectivity index (χ2n) is 6.81. The molecule has 20 heavy (non-hydrogen) atoms. The molecule has 4 heteroatoms. The molecule has 4 nitrogen and oxygen atoms in total. The number of hydrogen-bond donors (Lipinski definition) is 2. The van der Waals surface area contributed by atoms with Crippen molar-refractivity contribution in [3.8, 4) is 0 Å². The van der Waals surface area contributed by atoms with Crippen LogP contribution < -0.4 is 11.1 Å². The van der Waals surface area contributed by atoms with Crippen LogP contribution in [-0.4, -0.2) is 22.6 Å². The number of ether oxygens (including phenoxy) is 1. The van der Waals surface area contributed by atoms with Crippen LogP contribution in [-0.2, 0) is 9.53 Å². The Balaban J connectivity index is 2.41. The second-order valence-corrected chi connectivity index (χ2v) is 6.81. The van der Waals surface area contributed by atoms with Crippen molar-refractivity contribution in [1.82, 2.24) is 0 Å². The Kier molecular flexibility index (Phi) is 3.33. The third-order valence-electron chi connectivity index (χ3n) is 4.08. The summed E-state index contributed by atoms with van der Waals surface area (Å²) in [7, 11) is 0. The van der Waals surface area contributed by atoms with Crippen molar-refractivity contribution in [2.75, 3.05) is 5.32 Å². The second kappa shape index (κ2) is 4.48. The summed E-state index contributed by atoms with van der Waals surface area (Å²) >= 11 is 0. The average Bonchev–Trinajstić information content (AvgIpc) is 2.47. The molecule has 1 heterocycles. The molecule has 0 aromatic heterocycles. The fraction of sp³-hybridized carbons (Fsp3) is 0.562. The largest absolute Gasteiger partial charge is 0.369 e.